The molecule has 3 N–H and O–H groups in total. The normalized spacial score (nSPS) is 11.1. The van der Waals surface area contributed by atoms with Crippen LogP contribution in [0.2, 0.25) is 0 Å². The summed E-state index contributed by atoms with van der Waals surface area (Å²) in [6.07, 6.45) is 8.41. The molecule has 7 heteroatoms. The van der Waals surface area contributed by atoms with Crippen LogP contribution in [0.1, 0.15) is 5.56 Å². The number of aromatic nitrogens is 3. The number of ether oxygens (including phenoxy) is 2. The molecular weight excluding hydrogens is 380 g/mol. The summed E-state index contributed by atoms with van der Waals surface area (Å²) >= 11 is 0. The molecule has 0 radical (unpaired) electrons. The molecular formula is C23H20N4O3. The number of H-pyrrole nitrogens is 1. The maximum atomic E-state index is 11.1. The Morgan fingerprint density at radius 3 is 2.67 bits per heavy atom. The molecule has 150 valence electrons. The standard InChI is InChI=1S/C23H20N4O3/c1-29-18-8-14(3-4-21(24)28)7-16(9-18)17-10-19-20(13-27-23(19)26-12-17)15-5-6-25-22(11-15)30-2/h3-13H,1-2H3,(H2,24,28)(H,26,27)/b4-3+. The highest BCUT2D eigenvalue weighted by atomic mass is 16.5. The van der Waals surface area contributed by atoms with Gasteiger partial charge in [0.2, 0.25) is 11.8 Å². The third-order valence-corrected chi connectivity index (χ3v) is 4.72. The lowest BCUT2D eigenvalue weighted by Crippen LogP contribution is -2.05. The number of aromatic amines is 1. The second-order valence-corrected chi connectivity index (χ2v) is 6.64. The average molecular weight is 400 g/mol. The quantitative estimate of drug-likeness (QED) is 0.479. The van der Waals surface area contributed by atoms with Crippen molar-refractivity contribution in [3.8, 4) is 33.9 Å². The molecule has 7 nitrogen and oxygen atoms in total. The Balaban J connectivity index is 1.82. The largest absolute Gasteiger partial charge is 0.497 e. The molecule has 0 aliphatic rings. The lowest BCUT2D eigenvalue weighted by molar-refractivity contribution is -0.113. The smallest absolute Gasteiger partial charge is 0.241 e. The molecule has 0 aliphatic carbocycles. The molecule has 0 aliphatic heterocycles. The second kappa shape index (κ2) is 8.08. The fourth-order valence-corrected chi connectivity index (χ4v) is 3.27. The molecule has 0 atom stereocenters. The average Bonchev–Trinajstić information content (AvgIpc) is 3.20. The first-order chi connectivity index (χ1) is 14.6. The van der Waals surface area contributed by atoms with Crippen LogP contribution in [-0.4, -0.2) is 35.1 Å². The maximum Gasteiger partial charge on any atom is 0.241 e. The molecule has 4 aromatic rings. The molecule has 30 heavy (non-hydrogen) atoms. The lowest BCUT2D eigenvalue weighted by atomic mass is 10.0. The summed E-state index contributed by atoms with van der Waals surface area (Å²) in [5, 5.41) is 0.970. The molecule has 3 heterocycles. The number of primary amides is 1. The highest BCUT2D eigenvalue weighted by Gasteiger charge is 2.11. The van der Waals surface area contributed by atoms with Gasteiger partial charge in [0.1, 0.15) is 11.4 Å². The van der Waals surface area contributed by atoms with Gasteiger partial charge in [0, 0.05) is 47.2 Å². The number of methoxy groups -OCH3 is 2. The highest BCUT2D eigenvalue weighted by Crippen LogP contribution is 2.33. The van der Waals surface area contributed by atoms with Crippen molar-refractivity contribution in [2.24, 2.45) is 5.73 Å². The van der Waals surface area contributed by atoms with E-state index in [1.54, 1.807) is 32.7 Å². The topological polar surface area (TPSA) is 103 Å². The molecule has 0 spiro atoms. The van der Waals surface area contributed by atoms with Gasteiger partial charge in [-0.25, -0.2) is 9.97 Å². The van der Waals surface area contributed by atoms with Crippen molar-refractivity contribution in [1.82, 2.24) is 15.0 Å². The zero-order chi connectivity index (χ0) is 21.1. The van der Waals surface area contributed by atoms with Crippen molar-refractivity contribution in [3.05, 3.63) is 66.6 Å². The van der Waals surface area contributed by atoms with Crippen LogP contribution in [0.5, 0.6) is 11.6 Å². The first-order valence-electron chi connectivity index (χ1n) is 9.22. The molecule has 0 saturated carbocycles. The minimum Gasteiger partial charge on any atom is -0.497 e. The molecule has 0 saturated heterocycles. The summed E-state index contributed by atoms with van der Waals surface area (Å²) < 4.78 is 10.7. The fraction of sp³-hybridized carbons (Fsp3) is 0.0870. The number of nitrogens with zero attached hydrogens (tertiary/aromatic N) is 2. The first-order valence-corrected chi connectivity index (χ1v) is 9.22. The number of fused-ring (bicyclic) bond motifs is 1. The number of pyridine rings is 2. The van der Waals surface area contributed by atoms with E-state index in [4.69, 9.17) is 15.2 Å². The van der Waals surface area contributed by atoms with Crippen LogP contribution in [-0.2, 0) is 4.79 Å². The SMILES string of the molecule is COc1cc(/C=C/C(N)=O)cc(-c2cnc3[nH]cc(-c4ccnc(OC)c4)c3c2)c1. The van der Waals surface area contributed by atoms with E-state index in [1.807, 2.05) is 36.5 Å². The van der Waals surface area contributed by atoms with Crippen molar-refractivity contribution in [1.29, 1.82) is 0 Å². The molecule has 0 bridgehead atoms. The highest BCUT2D eigenvalue weighted by molar-refractivity contribution is 5.96. The van der Waals surface area contributed by atoms with Crippen LogP contribution >= 0.6 is 0 Å². The second-order valence-electron chi connectivity index (χ2n) is 6.64. The Labute approximate surface area is 173 Å². The molecule has 1 amide bonds. The van der Waals surface area contributed by atoms with E-state index < -0.39 is 5.91 Å². The van der Waals surface area contributed by atoms with Gasteiger partial charge in [-0.15, -0.1) is 0 Å². The van der Waals surface area contributed by atoms with E-state index in [0.717, 1.165) is 38.9 Å². The van der Waals surface area contributed by atoms with Crippen LogP contribution in [0.4, 0.5) is 0 Å². The number of nitrogens with two attached hydrogens (primary N) is 1. The Kier molecular flexibility index (Phi) is 5.17. The summed E-state index contributed by atoms with van der Waals surface area (Å²) in [5.41, 5.74) is 10.6. The van der Waals surface area contributed by atoms with Gasteiger partial charge in [0.15, 0.2) is 0 Å². The van der Waals surface area contributed by atoms with Crippen molar-refractivity contribution >= 4 is 23.0 Å². The molecule has 0 fully saturated rings. The van der Waals surface area contributed by atoms with Crippen LogP contribution in [0, 0.1) is 0 Å². The van der Waals surface area contributed by atoms with E-state index in [0.29, 0.717) is 11.6 Å². The lowest BCUT2D eigenvalue weighted by Gasteiger charge is -2.08. The summed E-state index contributed by atoms with van der Waals surface area (Å²) in [5.74, 6) is 0.710. The predicted octanol–water partition coefficient (Wildman–Crippen LogP) is 3.81. The van der Waals surface area contributed by atoms with Crippen LogP contribution in [0.25, 0.3) is 39.4 Å². The van der Waals surface area contributed by atoms with Crippen molar-refractivity contribution in [3.63, 3.8) is 0 Å². The number of nitrogens with one attached hydrogen (secondary N) is 1. The number of carbonyl (C=O) groups is 1. The van der Waals surface area contributed by atoms with Crippen molar-refractivity contribution in [2.45, 2.75) is 0 Å². The number of rotatable bonds is 6. The molecule has 0 unspecified atom stereocenters. The van der Waals surface area contributed by atoms with Gasteiger partial charge in [0.25, 0.3) is 0 Å². The van der Waals surface area contributed by atoms with Gasteiger partial charge in [-0.3, -0.25) is 4.79 Å². The van der Waals surface area contributed by atoms with Crippen molar-refractivity contribution in [2.75, 3.05) is 14.2 Å². The van der Waals surface area contributed by atoms with E-state index in [2.05, 4.69) is 21.0 Å². The van der Waals surface area contributed by atoms with Crippen LogP contribution < -0.4 is 15.2 Å². The molecule has 3 aromatic heterocycles. The van der Waals surface area contributed by atoms with E-state index >= 15 is 0 Å². The Bertz CT molecular complexity index is 1260. The number of amides is 1. The third kappa shape index (κ3) is 3.86. The third-order valence-electron chi connectivity index (χ3n) is 4.72. The van der Waals surface area contributed by atoms with Crippen molar-refractivity contribution < 1.29 is 14.3 Å². The summed E-state index contributed by atoms with van der Waals surface area (Å²) in [7, 11) is 3.19. The number of hydrogen-bond donors (Lipinski definition) is 2. The molecule has 4 rings (SSSR count). The minimum atomic E-state index is -0.507. The van der Waals surface area contributed by atoms with Gasteiger partial charge in [-0.2, -0.15) is 0 Å². The zero-order valence-electron chi connectivity index (χ0n) is 16.5. The number of benzene rings is 1. The monoisotopic (exact) mass is 400 g/mol. The maximum absolute atomic E-state index is 11.1. The Hall–Kier alpha value is -4.13. The van der Waals surface area contributed by atoms with Crippen LogP contribution in [0.3, 0.4) is 0 Å². The van der Waals surface area contributed by atoms with Gasteiger partial charge in [0.05, 0.1) is 14.2 Å². The van der Waals surface area contributed by atoms with E-state index in [9.17, 15) is 4.79 Å². The summed E-state index contributed by atoms with van der Waals surface area (Å²) in [4.78, 5) is 23.0. The predicted molar refractivity (Wildman–Crippen MR) is 116 cm³/mol. The van der Waals surface area contributed by atoms with E-state index in [1.165, 1.54) is 6.08 Å². The fourth-order valence-electron chi connectivity index (χ4n) is 3.27. The van der Waals surface area contributed by atoms with Gasteiger partial charge < -0.3 is 20.2 Å². The molecule has 1 aromatic carbocycles. The first kappa shape index (κ1) is 19.2. The van der Waals surface area contributed by atoms with Gasteiger partial charge in [-0.1, -0.05) is 0 Å². The number of carbonyl (C=O) groups excluding carboxylic acids is 1. The summed E-state index contributed by atoms with van der Waals surface area (Å²) in [6.45, 7) is 0. The Morgan fingerprint density at radius 1 is 1.03 bits per heavy atom. The van der Waals surface area contributed by atoms with Gasteiger partial charge in [-0.05, 0) is 53.1 Å². The Morgan fingerprint density at radius 2 is 1.90 bits per heavy atom. The number of hydrogen-bond acceptors (Lipinski definition) is 5. The van der Waals surface area contributed by atoms with Crippen LogP contribution in [0.15, 0.2) is 61.1 Å². The zero-order valence-corrected chi connectivity index (χ0v) is 16.5. The van der Waals surface area contributed by atoms with Gasteiger partial charge >= 0.3 is 0 Å². The van der Waals surface area contributed by atoms with E-state index in [-0.39, 0.29) is 0 Å². The minimum absolute atomic E-state index is 0.507. The summed E-state index contributed by atoms with van der Waals surface area (Å²) in [6, 6.07) is 11.6.